The van der Waals surface area contributed by atoms with Crippen LogP contribution in [0.2, 0.25) is 0 Å². The van der Waals surface area contributed by atoms with Crippen molar-refractivity contribution in [3.8, 4) is 0 Å². The van der Waals surface area contributed by atoms with Gasteiger partial charge in [0, 0.05) is 18.7 Å². The van der Waals surface area contributed by atoms with Crippen molar-refractivity contribution in [3.05, 3.63) is 27.9 Å². The van der Waals surface area contributed by atoms with Gasteiger partial charge in [0.1, 0.15) is 0 Å². The van der Waals surface area contributed by atoms with Crippen LogP contribution in [0.3, 0.4) is 0 Å². The molecule has 1 aliphatic heterocycles. The third-order valence-corrected chi connectivity index (χ3v) is 3.95. The van der Waals surface area contributed by atoms with Gasteiger partial charge in [0.15, 0.2) is 5.69 Å². The fourth-order valence-electron chi connectivity index (χ4n) is 2.58. The van der Waals surface area contributed by atoms with Crippen LogP contribution in [-0.4, -0.2) is 34.5 Å². The SMILES string of the molecule is Cn1c(C(=O)NC2CCNCC2(C)C)ccc1[N+](=O)[O-]. The molecule has 1 fully saturated rings. The lowest BCUT2D eigenvalue weighted by Gasteiger charge is -2.39. The zero-order chi connectivity index (χ0) is 14.9. The number of carbonyl (C=O) groups excluding carboxylic acids is 1. The molecule has 2 N–H and O–H groups in total. The number of nitro groups is 1. The average Bonchev–Trinajstić information content (AvgIpc) is 2.73. The Bertz CT molecular complexity index is 536. The number of rotatable bonds is 3. The van der Waals surface area contributed by atoms with Crippen molar-refractivity contribution in [1.82, 2.24) is 15.2 Å². The molecule has 0 radical (unpaired) electrons. The first kappa shape index (κ1) is 14.5. The Hall–Kier alpha value is -1.89. The molecular formula is C13H20N4O3. The van der Waals surface area contributed by atoms with Gasteiger partial charge in [-0.25, -0.2) is 4.57 Å². The van der Waals surface area contributed by atoms with E-state index >= 15 is 0 Å². The van der Waals surface area contributed by atoms with Gasteiger partial charge in [0.05, 0.1) is 7.05 Å². The number of amides is 1. The zero-order valence-corrected chi connectivity index (χ0v) is 12.0. The lowest BCUT2D eigenvalue weighted by Crippen LogP contribution is -2.54. The first-order valence-electron chi connectivity index (χ1n) is 6.64. The maximum Gasteiger partial charge on any atom is 0.323 e. The minimum atomic E-state index is -0.495. The lowest BCUT2D eigenvalue weighted by atomic mass is 9.80. The second kappa shape index (κ2) is 5.24. The molecule has 1 saturated heterocycles. The second-order valence-corrected chi connectivity index (χ2v) is 5.87. The summed E-state index contributed by atoms with van der Waals surface area (Å²) in [5.41, 5.74) is 0.274. The van der Waals surface area contributed by atoms with Gasteiger partial charge in [0.2, 0.25) is 0 Å². The van der Waals surface area contributed by atoms with Gasteiger partial charge in [-0.3, -0.25) is 4.79 Å². The van der Waals surface area contributed by atoms with E-state index < -0.39 is 4.92 Å². The Morgan fingerprint density at radius 3 is 2.80 bits per heavy atom. The molecule has 7 nitrogen and oxygen atoms in total. The largest absolute Gasteiger partial charge is 0.358 e. The smallest absolute Gasteiger partial charge is 0.323 e. The lowest BCUT2D eigenvalue weighted by molar-refractivity contribution is -0.391. The number of piperidine rings is 1. The van der Waals surface area contributed by atoms with Crippen molar-refractivity contribution >= 4 is 11.7 Å². The van der Waals surface area contributed by atoms with Gasteiger partial charge in [-0.1, -0.05) is 13.8 Å². The van der Waals surface area contributed by atoms with Crippen molar-refractivity contribution < 1.29 is 9.72 Å². The zero-order valence-electron chi connectivity index (χ0n) is 12.0. The summed E-state index contributed by atoms with van der Waals surface area (Å²) in [5, 5.41) is 17.1. The third-order valence-electron chi connectivity index (χ3n) is 3.95. The Labute approximate surface area is 117 Å². The second-order valence-electron chi connectivity index (χ2n) is 5.87. The monoisotopic (exact) mass is 280 g/mol. The minimum absolute atomic E-state index is 0.0367. The van der Waals surface area contributed by atoms with E-state index in [1.807, 2.05) is 0 Å². The van der Waals surface area contributed by atoms with Gasteiger partial charge in [-0.05, 0) is 29.4 Å². The van der Waals surface area contributed by atoms with Crippen molar-refractivity contribution in [2.75, 3.05) is 13.1 Å². The van der Waals surface area contributed by atoms with Crippen LogP contribution >= 0.6 is 0 Å². The standard InChI is InChI=1S/C13H20N4O3/c1-13(2)8-14-7-6-10(13)15-12(18)9-4-5-11(16(9)3)17(19)20/h4-5,10,14H,6-8H2,1-3H3,(H,15,18). The highest BCUT2D eigenvalue weighted by Crippen LogP contribution is 2.25. The maximum absolute atomic E-state index is 12.3. The van der Waals surface area contributed by atoms with Crippen LogP contribution in [-0.2, 0) is 7.05 Å². The number of hydrogen-bond acceptors (Lipinski definition) is 4. The number of nitrogens with one attached hydrogen (secondary N) is 2. The molecule has 20 heavy (non-hydrogen) atoms. The summed E-state index contributed by atoms with van der Waals surface area (Å²) in [7, 11) is 1.53. The van der Waals surface area contributed by atoms with Crippen LogP contribution in [0.1, 0.15) is 30.8 Å². The molecule has 0 aliphatic carbocycles. The predicted octanol–water partition coefficient (Wildman–Crippen LogP) is 1.05. The summed E-state index contributed by atoms with van der Waals surface area (Å²) < 4.78 is 1.31. The summed E-state index contributed by atoms with van der Waals surface area (Å²) in [6.45, 7) is 5.89. The molecule has 1 aromatic rings. The Balaban J connectivity index is 2.14. The van der Waals surface area contributed by atoms with Crippen LogP contribution in [0, 0.1) is 15.5 Å². The quantitative estimate of drug-likeness (QED) is 0.640. The van der Waals surface area contributed by atoms with Crippen LogP contribution in [0.5, 0.6) is 0 Å². The molecule has 7 heteroatoms. The predicted molar refractivity (Wildman–Crippen MR) is 74.6 cm³/mol. The van der Waals surface area contributed by atoms with Gasteiger partial charge in [-0.15, -0.1) is 0 Å². The van der Waals surface area contributed by atoms with Crippen molar-refractivity contribution in [1.29, 1.82) is 0 Å². The van der Waals surface area contributed by atoms with Crippen LogP contribution in [0.4, 0.5) is 5.82 Å². The Morgan fingerprint density at radius 2 is 2.25 bits per heavy atom. The molecule has 0 spiro atoms. The first-order chi connectivity index (χ1) is 9.33. The van der Waals surface area contributed by atoms with Crippen molar-refractivity contribution in [2.45, 2.75) is 26.3 Å². The van der Waals surface area contributed by atoms with E-state index in [2.05, 4.69) is 24.5 Å². The van der Waals surface area contributed by atoms with E-state index in [-0.39, 0.29) is 23.2 Å². The molecule has 1 aliphatic rings. The molecule has 1 atom stereocenters. The van der Waals surface area contributed by atoms with Gasteiger partial charge in [-0.2, -0.15) is 0 Å². The Kier molecular flexibility index (Phi) is 3.80. The molecule has 1 aromatic heterocycles. The summed E-state index contributed by atoms with van der Waals surface area (Å²) in [6.07, 6.45) is 0.852. The normalized spacial score (nSPS) is 21.4. The summed E-state index contributed by atoms with van der Waals surface area (Å²) >= 11 is 0. The highest BCUT2D eigenvalue weighted by Gasteiger charge is 2.34. The summed E-state index contributed by atoms with van der Waals surface area (Å²) in [5.74, 6) is -0.347. The van der Waals surface area contributed by atoms with Gasteiger partial charge >= 0.3 is 5.82 Å². The maximum atomic E-state index is 12.3. The number of aromatic nitrogens is 1. The van der Waals surface area contributed by atoms with E-state index in [9.17, 15) is 14.9 Å². The molecule has 2 heterocycles. The summed E-state index contributed by atoms with van der Waals surface area (Å²) in [4.78, 5) is 22.6. The highest BCUT2D eigenvalue weighted by molar-refractivity contribution is 5.93. The third kappa shape index (κ3) is 2.67. The molecule has 1 amide bonds. The number of hydrogen-bond donors (Lipinski definition) is 2. The minimum Gasteiger partial charge on any atom is -0.358 e. The first-order valence-corrected chi connectivity index (χ1v) is 6.64. The van der Waals surface area contributed by atoms with Crippen LogP contribution in [0.15, 0.2) is 12.1 Å². The molecule has 2 rings (SSSR count). The van der Waals surface area contributed by atoms with Crippen molar-refractivity contribution in [3.63, 3.8) is 0 Å². The van der Waals surface area contributed by atoms with E-state index in [1.54, 1.807) is 0 Å². The topological polar surface area (TPSA) is 89.2 Å². The molecule has 110 valence electrons. The summed E-state index contributed by atoms with van der Waals surface area (Å²) in [6, 6.07) is 2.90. The van der Waals surface area contributed by atoms with Gasteiger partial charge < -0.3 is 20.7 Å². The highest BCUT2D eigenvalue weighted by atomic mass is 16.6. The van der Waals surface area contributed by atoms with Gasteiger partial charge in [0.25, 0.3) is 5.91 Å². The number of nitrogens with zero attached hydrogens (tertiary/aromatic N) is 2. The van der Waals surface area contributed by atoms with Crippen molar-refractivity contribution in [2.24, 2.45) is 12.5 Å². The van der Waals surface area contributed by atoms with E-state index in [4.69, 9.17) is 0 Å². The fraction of sp³-hybridized carbons (Fsp3) is 0.615. The van der Waals surface area contributed by atoms with Crippen LogP contribution in [0.25, 0.3) is 0 Å². The fourth-order valence-corrected chi connectivity index (χ4v) is 2.58. The van der Waals surface area contributed by atoms with E-state index in [0.717, 1.165) is 19.5 Å². The van der Waals surface area contributed by atoms with E-state index in [1.165, 1.54) is 23.7 Å². The average molecular weight is 280 g/mol. The number of carbonyl (C=O) groups is 1. The molecule has 0 aromatic carbocycles. The van der Waals surface area contributed by atoms with E-state index in [0.29, 0.717) is 5.69 Å². The molecular weight excluding hydrogens is 260 g/mol. The molecule has 0 bridgehead atoms. The molecule has 1 unspecified atom stereocenters. The molecule has 0 saturated carbocycles. The van der Waals surface area contributed by atoms with Crippen LogP contribution < -0.4 is 10.6 Å². The Morgan fingerprint density at radius 1 is 1.55 bits per heavy atom.